The summed E-state index contributed by atoms with van der Waals surface area (Å²) in [6.07, 6.45) is 3.22. The van der Waals surface area contributed by atoms with E-state index in [1.807, 2.05) is 48.5 Å². The van der Waals surface area contributed by atoms with E-state index in [0.717, 1.165) is 21.1 Å². The van der Waals surface area contributed by atoms with Gasteiger partial charge in [-0.05, 0) is 30.3 Å². The number of carbonyl (C=O) groups excluding carboxylic acids is 1. The fourth-order valence-electron chi connectivity index (χ4n) is 2.44. The molecule has 0 unspecified atom stereocenters. The van der Waals surface area contributed by atoms with Crippen molar-refractivity contribution in [3.8, 4) is 5.69 Å². The molecule has 1 amide bonds. The van der Waals surface area contributed by atoms with E-state index in [-0.39, 0.29) is 5.91 Å². The number of fused-ring (bicyclic) bond motifs is 1. The first kappa shape index (κ1) is 14.6. The molecule has 0 aliphatic carbocycles. The first-order valence-corrected chi connectivity index (χ1v) is 8.05. The number of anilines is 1. The highest BCUT2D eigenvalue weighted by atomic mass is 79.9. The molecule has 4 aromatic rings. The van der Waals surface area contributed by atoms with E-state index in [1.165, 1.54) is 6.20 Å². The number of hydrogen-bond acceptors (Lipinski definition) is 3. The first-order chi connectivity index (χ1) is 11.7. The third kappa shape index (κ3) is 2.69. The summed E-state index contributed by atoms with van der Waals surface area (Å²) in [6, 6.07) is 15.3. The summed E-state index contributed by atoms with van der Waals surface area (Å²) in [7, 11) is 0. The van der Waals surface area contributed by atoms with Crippen LogP contribution in [0.4, 0.5) is 5.82 Å². The Morgan fingerprint density at radius 2 is 2.04 bits per heavy atom. The second-order valence-electron chi connectivity index (χ2n) is 5.23. The lowest BCUT2D eigenvalue weighted by atomic mass is 10.2. The number of hydrogen-bond donors (Lipinski definition) is 2. The Hall–Kier alpha value is -2.93. The van der Waals surface area contributed by atoms with Gasteiger partial charge in [0.15, 0.2) is 5.82 Å². The molecule has 0 atom stereocenters. The van der Waals surface area contributed by atoms with Crippen molar-refractivity contribution in [2.24, 2.45) is 0 Å². The van der Waals surface area contributed by atoms with Gasteiger partial charge in [-0.3, -0.25) is 9.89 Å². The van der Waals surface area contributed by atoms with Crippen molar-refractivity contribution >= 4 is 38.6 Å². The summed E-state index contributed by atoms with van der Waals surface area (Å²) in [5.41, 5.74) is 2.20. The lowest BCUT2D eigenvalue weighted by Crippen LogP contribution is -2.11. The Bertz CT molecular complexity index is 1040. The van der Waals surface area contributed by atoms with Gasteiger partial charge in [0.2, 0.25) is 0 Å². The molecule has 0 bridgehead atoms. The molecule has 24 heavy (non-hydrogen) atoms. The molecule has 118 valence electrons. The molecule has 2 aromatic carbocycles. The second-order valence-corrected chi connectivity index (χ2v) is 6.14. The molecule has 2 N–H and O–H groups in total. The molecule has 4 rings (SSSR count). The summed E-state index contributed by atoms with van der Waals surface area (Å²) < 4.78 is 2.60. The Kier molecular flexibility index (Phi) is 3.62. The molecule has 0 spiro atoms. The number of H-pyrrole nitrogens is 1. The predicted molar refractivity (Wildman–Crippen MR) is 95.3 cm³/mol. The van der Waals surface area contributed by atoms with Crippen LogP contribution in [0, 0.1) is 0 Å². The van der Waals surface area contributed by atoms with Gasteiger partial charge < -0.3 is 5.32 Å². The lowest BCUT2D eigenvalue weighted by molar-refractivity contribution is 0.102. The maximum atomic E-state index is 12.4. The van der Waals surface area contributed by atoms with Gasteiger partial charge in [0.25, 0.3) is 5.91 Å². The van der Waals surface area contributed by atoms with Crippen molar-refractivity contribution in [3.05, 3.63) is 71.0 Å². The Morgan fingerprint density at radius 1 is 1.17 bits per heavy atom. The van der Waals surface area contributed by atoms with E-state index >= 15 is 0 Å². The number of aromatic amines is 1. The molecular weight excluding hydrogens is 370 g/mol. The minimum absolute atomic E-state index is 0.256. The topological polar surface area (TPSA) is 75.6 Å². The van der Waals surface area contributed by atoms with Crippen molar-refractivity contribution in [3.63, 3.8) is 0 Å². The highest BCUT2D eigenvalue weighted by Gasteiger charge is 2.13. The van der Waals surface area contributed by atoms with E-state index in [2.05, 4.69) is 36.5 Å². The number of aromatic nitrogens is 4. The van der Waals surface area contributed by atoms with Crippen molar-refractivity contribution < 1.29 is 4.79 Å². The minimum Gasteiger partial charge on any atom is -0.304 e. The SMILES string of the molecule is O=C(Nc1n[nH]c2ccccc12)c1cnn(-c2cccc(Br)c2)c1. The lowest BCUT2D eigenvalue weighted by Gasteiger charge is -2.01. The van der Waals surface area contributed by atoms with Crippen LogP contribution in [0.3, 0.4) is 0 Å². The number of nitrogens with zero attached hydrogens (tertiary/aromatic N) is 3. The van der Waals surface area contributed by atoms with Crippen molar-refractivity contribution in [2.75, 3.05) is 5.32 Å². The number of carbonyl (C=O) groups is 1. The molecule has 0 saturated heterocycles. The molecule has 6 nitrogen and oxygen atoms in total. The van der Waals surface area contributed by atoms with Gasteiger partial charge in [-0.1, -0.05) is 34.1 Å². The molecular formula is C17H12BrN5O. The number of rotatable bonds is 3. The van der Waals surface area contributed by atoms with Crippen LogP contribution in [0.1, 0.15) is 10.4 Å². The van der Waals surface area contributed by atoms with Gasteiger partial charge >= 0.3 is 0 Å². The number of halogens is 1. The third-order valence-corrected chi connectivity index (χ3v) is 4.11. The maximum absolute atomic E-state index is 12.4. The van der Waals surface area contributed by atoms with E-state index in [1.54, 1.807) is 10.9 Å². The zero-order valence-corrected chi connectivity index (χ0v) is 14.0. The number of benzene rings is 2. The van der Waals surface area contributed by atoms with Gasteiger partial charge in [0.05, 0.1) is 23.0 Å². The quantitative estimate of drug-likeness (QED) is 0.567. The molecule has 7 heteroatoms. The standard InChI is InChI=1S/C17H12BrN5O/c18-12-4-3-5-13(8-12)23-10-11(9-19-23)17(24)20-16-14-6-1-2-7-15(14)21-22-16/h1-10H,(H2,20,21,22,24). The van der Waals surface area contributed by atoms with E-state index < -0.39 is 0 Å². The average molecular weight is 382 g/mol. The van der Waals surface area contributed by atoms with Crippen molar-refractivity contribution in [2.45, 2.75) is 0 Å². The van der Waals surface area contributed by atoms with Crippen LogP contribution in [-0.4, -0.2) is 25.9 Å². The first-order valence-electron chi connectivity index (χ1n) is 7.26. The maximum Gasteiger partial charge on any atom is 0.260 e. The predicted octanol–water partition coefficient (Wildman–Crippen LogP) is 3.76. The fraction of sp³-hybridized carbons (Fsp3) is 0. The van der Waals surface area contributed by atoms with Gasteiger partial charge in [0, 0.05) is 16.1 Å². The van der Waals surface area contributed by atoms with E-state index in [9.17, 15) is 4.79 Å². The average Bonchev–Trinajstić information content (AvgIpc) is 3.23. The van der Waals surface area contributed by atoms with Crippen LogP contribution >= 0.6 is 15.9 Å². The summed E-state index contributed by atoms with van der Waals surface area (Å²) in [5.74, 6) is 0.249. The van der Waals surface area contributed by atoms with Crippen LogP contribution in [0.25, 0.3) is 16.6 Å². The molecule has 0 fully saturated rings. The normalized spacial score (nSPS) is 10.9. The summed E-state index contributed by atoms with van der Waals surface area (Å²) in [5, 5.41) is 15.0. The Morgan fingerprint density at radius 3 is 2.92 bits per heavy atom. The van der Waals surface area contributed by atoms with Gasteiger partial charge in [-0.25, -0.2) is 4.68 Å². The zero-order valence-electron chi connectivity index (χ0n) is 12.4. The Labute approximate surface area is 145 Å². The molecule has 2 heterocycles. The van der Waals surface area contributed by atoms with Gasteiger partial charge in [0.1, 0.15) is 0 Å². The van der Waals surface area contributed by atoms with Crippen LogP contribution in [0.15, 0.2) is 65.4 Å². The zero-order chi connectivity index (χ0) is 16.5. The smallest absolute Gasteiger partial charge is 0.260 e. The van der Waals surface area contributed by atoms with Crippen molar-refractivity contribution in [1.29, 1.82) is 0 Å². The summed E-state index contributed by atoms with van der Waals surface area (Å²) in [4.78, 5) is 12.4. The van der Waals surface area contributed by atoms with Gasteiger partial charge in [-0.2, -0.15) is 10.2 Å². The molecule has 0 aliphatic heterocycles. The minimum atomic E-state index is -0.256. The van der Waals surface area contributed by atoms with Gasteiger partial charge in [-0.15, -0.1) is 0 Å². The van der Waals surface area contributed by atoms with E-state index in [4.69, 9.17) is 0 Å². The van der Waals surface area contributed by atoms with E-state index in [0.29, 0.717) is 11.4 Å². The largest absolute Gasteiger partial charge is 0.304 e. The highest BCUT2D eigenvalue weighted by Crippen LogP contribution is 2.20. The number of nitrogens with one attached hydrogen (secondary N) is 2. The summed E-state index contributed by atoms with van der Waals surface area (Å²) in [6.45, 7) is 0. The summed E-state index contributed by atoms with van der Waals surface area (Å²) >= 11 is 3.43. The second kappa shape index (κ2) is 5.93. The number of amides is 1. The molecule has 0 radical (unpaired) electrons. The molecule has 0 saturated carbocycles. The monoisotopic (exact) mass is 381 g/mol. The van der Waals surface area contributed by atoms with Crippen molar-refractivity contribution in [1.82, 2.24) is 20.0 Å². The molecule has 2 aromatic heterocycles. The Balaban J connectivity index is 1.59. The molecule has 0 aliphatic rings. The van der Waals surface area contributed by atoms with Crippen LogP contribution < -0.4 is 5.32 Å². The third-order valence-electron chi connectivity index (χ3n) is 3.62. The van der Waals surface area contributed by atoms with Crippen LogP contribution in [-0.2, 0) is 0 Å². The van der Waals surface area contributed by atoms with Crippen LogP contribution in [0.5, 0.6) is 0 Å². The fourth-order valence-corrected chi connectivity index (χ4v) is 2.83. The van der Waals surface area contributed by atoms with Crippen LogP contribution in [0.2, 0.25) is 0 Å². The number of para-hydroxylation sites is 1. The highest BCUT2D eigenvalue weighted by molar-refractivity contribution is 9.10.